The minimum absolute atomic E-state index is 0.108. The first kappa shape index (κ1) is 16.0. The van der Waals surface area contributed by atoms with Crippen molar-refractivity contribution in [3.63, 3.8) is 0 Å². The number of rotatable bonds is 9. The van der Waals surface area contributed by atoms with Gasteiger partial charge < -0.3 is 24.3 Å². The van der Waals surface area contributed by atoms with E-state index in [9.17, 15) is 23.8 Å². The second-order valence-corrected chi connectivity index (χ2v) is 9.30. The highest BCUT2D eigenvalue weighted by Crippen LogP contribution is 2.52. The van der Waals surface area contributed by atoms with Crippen LogP contribution in [0.25, 0.3) is 10.9 Å². The van der Waals surface area contributed by atoms with Gasteiger partial charge in [0.15, 0.2) is 11.5 Å². The molecule has 9 heteroatoms. The maximum Gasteiger partial charge on any atom is 0.586 e. The van der Waals surface area contributed by atoms with Crippen molar-refractivity contribution >= 4 is 16.7 Å². The standard InChI is InChI=1S/C28H30F3NO5/c1-4-26(2,3)24-10-17-9-16(20(29)13-21(17)32(24)14-19(34)15-33)11-25(35)27(7-8-27)18-5-6-22-23(12-18)37-28(30,31)36-22/h5-6,9-10,12-13,19,33-34H,4,7-8,11,14-15H2,1-3H3/t19-/m1/s1/i2D3,7D2,8D2,9D,10D,13D/t19-,26?. The van der Waals surface area contributed by atoms with Gasteiger partial charge >= 0.3 is 6.29 Å². The number of carbonyl (C=O) groups is 1. The van der Waals surface area contributed by atoms with Gasteiger partial charge in [0.2, 0.25) is 0 Å². The van der Waals surface area contributed by atoms with E-state index in [-0.39, 0.29) is 12.1 Å². The van der Waals surface area contributed by atoms with E-state index >= 15 is 4.39 Å². The summed E-state index contributed by atoms with van der Waals surface area (Å²) in [6.45, 7) is -1.37. The number of aromatic nitrogens is 1. The molecule has 0 radical (unpaired) electrons. The summed E-state index contributed by atoms with van der Waals surface area (Å²) in [5.74, 6) is -3.86. The zero-order valence-electron chi connectivity index (χ0n) is 29.8. The predicted octanol–water partition coefficient (Wildman–Crippen LogP) is 4.99. The number of nitrogens with zero attached hydrogens (tertiary/aromatic N) is 1. The summed E-state index contributed by atoms with van der Waals surface area (Å²) in [6, 6.07) is 0.298. The van der Waals surface area contributed by atoms with Crippen LogP contribution in [0.1, 0.15) is 70.4 Å². The van der Waals surface area contributed by atoms with Crippen LogP contribution in [0, 0.1) is 5.82 Å². The first-order valence-corrected chi connectivity index (χ1v) is 11.5. The van der Waals surface area contributed by atoms with Crippen molar-refractivity contribution in [3.8, 4) is 11.5 Å². The van der Waals surface area contributed by atoms with Gasteiger partial charge in [0.1, 0.15) is 11.6 Å². The monoisotopic (exact) mass is 527 g/mol. The number of carbonyl (C=O) groups excluding carboxylic acids is 1. The number of Topliss-reactive ketones (excluding diaryl/α,β-unsaturated/α-hetero) is 1. The zero-order chi connectivity index (χ0) is 35.4. The number of fused-ring (bicyclic) bond motifs is 2. The maximum absolute atomic E-state index is 16.1. The molecule has 5 rings (SSSR count). The van der Waals surface area contributed by atoms with Crippen molar-refractivity contribution < 1.29 is 51.4 Å². The van der Waals surface area contributed by atoms with E-state index in [1.54, 1.807) is 0 Å². The number of hydrogen-bond donors (Lipinski definition) is 2. The number of ketones is 1. The molecular weight excluding hydrogens is 487 g/mol. The fourth-order valence-corrected chi connectivity index (χ4v) is 4.26. The Labute approximate surface area is 226 Å². The van der Waals surface area contributed by atoms with Gasteiger partial charge in [0.25, 0.3) is 0 Å². The van der Waals surface area contributed by atoms with Gasteiger partial charge in [-0.3, -0.25) is 4.79 Å². The number of aliphatic hydroxyl groups is 2. The first-order chi connectivity index (χ1) is 21.5. The molecule has 2 aromatic carbocycles. The maximum atomic E-state index is 16.1. The summed E-state index contributed by atoms with van der Waals surface area (Å²) in [4.78, 5) is 14.0. The van der Waals surface area contributed by atoms with Crippen molar-refractivity contribution in [2.75, 3.05) is 6.61 Å². The molecule has 0 amide bonds. The van der Waals surface area contributed by atoms with Crippen molar-refractivity contribution in [3.05, 3.63) is 59.0 Å². The molecule has 1 aliphatic heterocycles. The zero-order valence-corrected chi connectivity index (χ0v) is 19.8. The summed E-state index contributed by atoms with van der Waals surface area (Å²) >= 11 is 0. The topological polar surface area (TPSA) is 80.9 Å². The van der Waals surface area contributed by atoms with E-state index in [2.05, 4.69) is 9.47 Å². The van der Waals surface area contributed by atoms with Crippen molar-refractivity contribution in [2.45, 2.75) is 76.1 Å². The molecule has 1 unspecified atom stereocenters. The number of alkyl halides is 2. The summed E-state index contributed by atoms with van der Waals surface area (Å²) in [6.07, 6.45) is -12.8. The molecule has 198 valence electrons. The normalized spacial score (nSPS) is 26.6. The second-order valence-electron chi connectivity index (χ2n) is 9.30. The summed E-state index contributed by atoms with van der Waals surface area (Å²) in [5.41, 5.74) is -6.52. The average Bonchev–Trinajstić information content (AvgIpc) is 3.21. The molecular formula is C28H30F3NO5. The molecule has 2 N–H and O–H groups in total. The molecule has 0 saturated heterocycles. The Morgan fingerprint density at radius 3 is 2.68 bits per heavy atom. The van der Waals surface area contributed by atoms with Crippen LogP contribution < -0.4 is 9.47 Å². The van der Waals surface area contributed by atoms with Gasteiger partial charge in [-0.15, -0.1) is 8.78 Å². The molecule has 2 heterocycles. The van der Waals surface area contributed by atoms with E-state index in [1.165, 1.54) is 13.8 Å². The third-order valence-electron chi connectivity index (χ3n) is 6.59. The number of halogens is 3. The number of aliphatic hydroxyl groups excluding tert-OH is 2. The highest BCUT2D eigenvalue weighted by molar-refractivity contribution is 5.95. The fourth-order valence-electron chi connectivity index (χ4n) is 4.26. The molecule has 6 nitrogen and oxygen atoms in total. The lowest BCUT2D eigenvalue weighted by Gasteiger charge is -2.26. The highest BCUT2D eigenvalue weighted by atomic mass is 19.3. The molecule has 2 atom stereocenters. The lowest BCUT2D eigenvalue weighted by atomic mass is 9.86. The van der Waals surface area contributed by atoms with Gasteiger partial charge in [-0.1, -0.05) is 26.8 Å². The van der Waals surface area contributed by atoms with Crippen LogP contribution in [-0.2, 0) is 28.6 Å². The Kier molecular flexibility index (Phi) is 3.80. The third-order valence-corrected chi connectivity index (χ3v) is 6.59. The van der Waals surface area contributed by atoms with Crippen LogP contribution in [0.5, 0.6) is 11.5 Å². The van der Waals surface area contributed by atoms with E-state index in [4.69, 9.17) is 13.7 Å². The summed E-state index contributed by atoms with van der Waals surface area (Å²) in [5, 5.41) is 19.4. The van der Waals surface area contributed by atoms with Crippen molar-refractivity contribution in [1.82, 2.24) is 4.57 Å². The Balaban J connectivity index is 1.72. The van der Waals surface area contributed by atoms with Gasteiger partial charge in [-0.25, -0.2) is 4.39 Å². The van der Waals surface area contributed by atoms with E-state index < -0.39 is 126 Å². The first-order valence-electron chi connectivity index (χ1n) is 16.5. The van der Waals surface area contributed by atoms with Gasteiger partial charge in [-0.05, 0) is 60.6 Å². The Morgan fingerprint density at radius 2 is 2.03 bits per heavy atom. The number of ether oxygens (including phenoxy) is 2. The third kappa shape index (κ3) is 4.48. The van der Waals surface area contributed by atoms with Crippen LogP contribution in [-0.4, -0.2) is 39.6 Å². The fraction of sp³-hybridized carbons (Fsp3) is 0.464. The van der Waals surface area contributed by atoms with Crippen molar-refractivity contribution in [2.24, 2.45) is 0 Å². The minimum Gasteiger partial charge on any atom is -0.395 e. The number of hydrogen-bond acceptors (Lipinski definition) is 5. The van der Waals surface area contributed by atoms with Gasteiger partial charge in [-0.2, -0.15) is 0 Å². The van der Waals surface area contributed by atoms with Crippen LogP contribution >= 0.6 is 0 Å². The second kappa shape index (κ2) is 8.77. The van der Waals surface area contributed by atoms with Crippen LogP contribution in [0.4, 0.5) is 13.2 Å². The molecule has 1 aliphatic carbocycles. The van der Waals surface area contributed by atoms with Crippen LogP contribution in [0.15, 0.2) is 36.3 Å². The summed E-state index contributed by atoms with van der Waals surface area (Å²) < 4.78 is 138. The van der Waals surface area contributed by atoms with Crippen LogP contribution in [0.3, 0.4) is 0 Å². The molecule has 1 saturated carbocycles. The van der Waals surface area contributed by atoms with Gasteiger partial charge in [0, 0.05) is 32.5 Å². The molecule has 37 heavy (non-hydrogen) atoms. The van der Waals surface area contributed by atoms with E-state index in [1.807, 2.05) is 0 Å². The largest absolute Gasteiger partial charge is 0.586 e. The van der Waals surface area contributed by atoms with Crippen molar-refractivity contribution in [1.29, 1.82) is 0 Å². The molecule has 0 spiro atoms. The lowest BCUT2D eigenvalue weighted by molar-refractivity contribution is -0.286. The number of benzene rings is 2. The highest BCUT2D eigenvalue weighted by Gasteiger charge is 2.52. The predicted molar refractivity (Wildman–Crippen MR) is 131 cm³/mol. The molecule has 1 fully saturated rings. The quantitative estimate of drug-likeness (QED) is 0.410. The van der Waals surface area contributed by atoms with Crippen LogP contribution in [0.2, 0.25) is 0 Å². The smallest absolute Gasteiger partial charge is 0.395 e. The van der Waals surface area contributed by atoms with E-state index in [0.29, 0.717) is 0 Å². The Hall–Kier alpha value is -3.04. The minimum atomic E-state index is -4.08. The Bertz CT molecular complexity index is 1800. The lowest BCUT2D eigenvalue weighted by Crippen LogP contribution is -2.26. The van der Waals surface area contributed by atoms with Gasteiger partial charge in [0.05, 0.1) is 34.3 Å². The molecule has 1 aromatic heterocycles. The summed E-state index contributed by atoms with van der Waals surface area (Å²) in [7, 11) is 0. The van der Waals surface area contributed by atoms with E-state index in [0.717, 1.165) is 22.8 Å². The molecule has 3 aromatic rings. The molecule has 0 bridgehead atoms. The Morgan fingerprint density at radius 1 is 1.30 bits per heavy atom. The SMILES string of the molecule is [2H]c1c(CC(=O)C2(c3ccc4c(c3)OC(F)(F)O4)C([2H])([2H])C2([2H])[2H])c(F)c([2H])c2c1c([2H])c(C(C)(CC)C([2H])([2H])[2H])n2C[C@@H](O)CO. The molecule has 2 aliphatic rings. The average molecular weight is 528 g/mol.